The number of hydrogen-bond acceptors (Lipinski definition) is 2. The van der Waals surface area contributed by atoms with Crippen molar-refractivity contribution in [1.29, 1.82) is 0 Å². The summed E-state index contributed by atoms with van der Waals surface area (Å²) in [5, 5.41) is 12.2. The van der Waals surface area contributed by atoms with E-state index in [2.05, 4.69) is 5.32 Å². The summed E-state index contributed by atoms with van der Waals surface area (Å²) in [5.41, 5.74) is 0.377. The Hall–Kier alpha value is -2.34. The molecule has 0 fully saturated rings. The molecule has 0 heterocycles. The highest BCUT2D eigenvalue weighted by Gasteiger charge is 2.12. The zero-order chi connectivity index (χ0) is 15.4. The summed E-state index contributed by atoms with van der Waals surface area (Å²) in [6, 6.07) is 7.92. The number of aliphatic hydroxyl groups excluding tert-OH is 1. The van der Waals surface area contributed by atoms with Crippen LogP contribution in [0.1, 0.15) is 22.0 Å². The monoisotopic (exact) mass is 295 g/mol. The quantitative estimate of drug-likeness (QED) is 0.911. The van der Waals surface area contributed by atoms with Gasteiger partial charge < -0.3 is 10.4 Å². The number of amides is 1. The Kier molecular flexibility index (Phi) is 4.59. The van der Waals surface area contributed by atoms with Gasteiger partial charge >= 0.3 is 0 Å². The SMILES string of the molecule is O=C(NCC(O)c1ccc(F)cc1)c1ccc(F)c(F)c1. The molecule has 0 radical (unpaired) electrons. The third-order valence-corrected chi connectivity index (χ3v) is 2.89. The summed E-state index contributed by atoms with van der Waals surface area (Å²) in [7, 11) is 0. The van der Waals surface area contributed by atoms with Crippen LogP contribution in [0.5, 0.6) is 0 Å². The Morgan fingerprint density at radius 1 is 1.05 bits per heavy atom. The van der Waals surface area contributed by atoms with Gasteiger partial charge in [-0.1, -0.05) is 12.1 Å². The van der Waals surface area contributed by atoms with Gasteiger partial charge in [-0.05, 0) is 35.9 Å². The van der Waals surface area contributed by atoms with E-state index in [0.717, 1.165) is 18.2 Å². The number of aliphatic hydroxyl groups is 1. The molecule has 1 amide bonds. The van der Waals surface area contributed by atoms with Crippen molar-refractivity contribution in [3.05, 3.63) is 71.0 Å². The third-order valence-electron chi connectivity index (χ3n) is 2.89. The number of carbonyl (C=O) groups excluding carboxylic acids is 1. The van der Waals surface area contributed by atoms with Crippen molar-refractivity contribution >= 4 is 5.91 Å². The average Bonchev–Trinajstić information content (AvgIpc) is 2.48. The molecule has 2 aromatic rings. The molecule has 0 aromatic heterocycles. The summed E-state index contributed by atoms with van der Waals surface area (Å²) in [6.45, 7) is -0.135. The molecule has 0 saturated carbocycles. The number of halogens is 3. The minimum Gasteiger partial charge on any atom is -0.387 e. The highest BCUT2D eigenvalue weighted by Crippen LogP contribution is 2.13. The Morgan fingerprint density at radius 2 is 1.71 bits per heavy atom. The van der Waals surface area contributed by atoms with Crippen LogP contribution < -0.4 is 5.32 Å². The molecular weight excluding hydrogens is 283 g/mol. The lowest BCUT2D eigenvalue weighted by Gasteiger charge is -2.12. The normalized spacial score (nSPS) is 12.0. The van der Waals surface area contributed by atoms with Crippen molar-refractivity contribution in [3.8, 4) is 0 Å². The fourth-order valence-electron chi connectivity index (χ4n) is 1.73. The van der Waals surface area contributed by atoms with Gasteiger partial charge in [-0.3, -0.25) is 4.79 Å². The number of hydrogen-bond donors (Lipinski definition) is 2. The largest absolute Gasteiger partial charge is 0.387 e. The molecule has 0 aliphatic carbocycles. The first kappa shape index (κ1) is 15.1. The van der Waals surface area contributed by atoms with Crippen molar-refractivity contribution in [2.45, 2.75) is 6.10 Å². The van der Waals surface area contributed by atoms with Gasteiger partial charge in [-0.15, -0.1) is 0 Å². The minimum atomic E-state index is -1.12. The van der Waals surface area contributed by atoms with Gasteiger partial charge in [0.05, 0.1) is 6.10 Å². The molecule has 2 aromatic carbocycles. The highest BCUT2D eigenvalue weighted by molar-refractivity contribution is 5.94. The van der Waals surface area contributed by atoms with Gasteiger partial charge in [0.15, 0.2) is 11.6 Å². The molecule has 3 nitrogen and oxygen atoms in total. The maximum atomic E-state index is 13.0. The molecule has 1 atom stereocenters. The molecule has 0 saturated heterocycles. The summed E-state index contributed by atoms with van der Waals surface area (Å²) < 4.78 is 38.5. The fourth-order valence-corrected chi connectivity index (χ4v) is 1.73. The Labute approximate surface area is 119 Å². The Morgan fingerprint density at radius 3 is 2.33 bits per heavy atom. The van der Waals surface area contributed by atoms with Gasteiger partial charge in [-0.25, -0.2) is 13.2 Å². The first-order valence-corrected chi connectivity index (χ1v) is 6.14. The van der Waals surface area contributed by atoms with E-state index in [0.29, 0.717) is 5.56 Å². The fraction of sp³-hybridized carbons (Fsp3) is 0.133. The highest BCUT2D eigenvalue weighted by atomic mass is 19.2. The van der Waals surface area contributed by atoms with Crippen LogP contribution in [0.3, 0.4) is 0 Å². The van der Waals surface area contributed by atoms with E-state index in [1.807, 2.05) is 0 Å². The summed E-state index contributed by atoms with van der Waals surface area (Å²) in [6.07, 6.45) is -1.03. The summed E-state index contributed by atoms with van der Waals surface area (Å²) >= 11 is 0. The number of benzene rings is 2. The molecule has 1 unspecified atom stereocenters. The van der Waals surface area contributed by atoms with Crippen molar-refractivity contribution in [2.75, 3.05) is 6.54 Å². The molecule has 0 aliphatic rings. The minimum absolute atomic E-state index is 0.0554. The van der Waals surface area contributed by atoms with Crippen LogP contribution in [0.15, 0.2) is 42.5 Å². The lowest BCUT2D eigenvalue weighted by molar-refractivity contribution is 0.0915. The molecule has 2 rings (SSSR count). The van der Waals surface area contributed by atoms with Crippen LogP contribution >= 0.6 is 0 Å². The van der Waals surface area contributed by atoms with Crippen LogP contribution in [0, 0.1) is 17.5 Å². The topological polar surface area (TPSA) is 49.3 Å². The zero-order valence-corrected chi connectivity index (χ0v) is 10.8. The van der Waals surface area contributed by atoms with Gasteiger partial charge in [0.1, 0.15) is 5.82 Å². The van der Waals surface area contributed by atoms with E-state index in [4.69, 9.17) is 0 Å². The van der Waals surface area contributed by atoms with Crippen molar-refractivity contribution in [1.82, 2.24) is 5.32 Å². The molecule has 110 valence electrons. The lowest BCUT2D eigenvalue weighted by atomic mass is 10.1. The van der Waals surface area contributed by atoms with Gasteiger partial charge in [-0.2, -0.15) is 0 Å². The number of carbonyl (C=O) groups is 1. The van der Waals surface area contributed by atoms with Crippen LogP contribution in [-0.2, 0) is 0 Å². The van der Waals surface area contributed by atoms with E-state index in [-0.39, 0.29) is 12.1 Å². The van der Waals surface area contributed by atoms with Crippen molar-refractivity contribution in [3.63, 3.8) is 0 Å². The average molecular weight is 295 g/mol. The summed E-state index contributed by atoms with van der Waals surface area (Å²) in [5.74, 6) is -3.24. The molecule has 0 aliphatic heterocycles. The maximum absolute atomic E-state index is 13.0. The second kappa shape index (κ2) is 6.41. The molecule has 2 N–H and O–H groups in total. The smallest absolute Gasteiger partial charge is 0.251 e. The first-order chi connectivity index (χ1) is 9.97. The second-order valence-electron chi connectivity index (χ2n) is 4.41. The third kappa shape index (κ3) is 3.82. The maximum Gasteiger partial charge on any atom is 0.251 e. The van der Waals surface area contributed by atoms with Crippen LogP contribution in [0.2, 0.25) is 0 Å². The van der Waals surface area contributed by atoms with Crippen LogP contribution in [0.25, 0.3) is 0 Å². The van der Waals surface area contributed by atoms with Crippen molar-refractivity contribution in [2.24, 2.45) is 0 Å². The van der Waals surface area contributed by atoms with E-state index < -0.39 is 29.5 Å². The molecule has 6 heteroatoms. The Balaban J connectivity index is 1.97. The predicted molar refractivity (Wildman–Crippen MR) is 70.1 cm³/mol. The molecule has 0 spiro atoms. The predicted octanol–water partition coefficient (Wildman–Crippen LogP) is 2.57. The molecular formula is C15H12F3NO2. The van der Waals surface area contributed by atoms with E-state index in [1.54, 1.807) is 0 Å². The van der Waals surface area contributed by atoms with Crippen LogP contribution in [0.4, 0.5) is 13.2 Å². The van der Waals surface area contributed by atoms with E-state index >= 15 is 0 Å². The van der Waals surface area contributed by atoms with E-state index in [9.17, 15) is 23.1 Å². The summed E-state index contributed by atoms with van der Waals surface area (Å²) in [4.78, 5) is 11.7. The van der Waals surface area contributed by atoms with Crippen molar-refractivity contribution < 1.29 is 23.1 Å². The first-order valence-electron chi connectivity index (χ1n) is 6.14. The van der Waals surface area contributed by atoms with Crippen LogP contribution in [-0.4, -0.2) is 17.6 Å². The standard InChI is InChI=1S/C15H12F3NO2/c16-11-4-1-9(2-5-11)14(20)8-19-15(21)10-3-6-12(17)13(18)7-10/h1-7,14,20H,8H2,(H,19,21). The molecule has 21 heavy (non-hydrogen) atoms. The van der Waals surface area contributed by atoms with E-state index in [1.165, 1.54) is 24.3 Å². The number of nitrogens with one attached hydrogen (secondary N) is 1. The zero-order valence-electron chi connectivity index (χ0n) is 10.8. The molecule has 0 bridgehead atoms. The van der Waals surface area contributed by atoms with Gasteiger partial charge in [0.25, 0.3) is 5.91 Å². The lowest BCUT2D eigenvalue weighted by Crippen LogP contribution is -2.28. The Bertz CT molecular complexity index is 644. The van der Waals surface area contributed by atoms with Gasteiger partial charge in [0, 0.05) is 12.1 Å². The second-order valence-corrected chi connectivity index (χ2v) is 4.41. The van der Waals surface area contributed by atoms with Gasteiger partial charge in [0.2, 0.25) is 0 Å². The number of rotatable bonds is 4.